The first-order valence-corrected chi connectivity index (χ1v) is 15.6. The number of aryl methyl sites for hydroxylation is 2. The van der Waals surface area contributed by atoms with Gasteiger partial charge >= 0.3 is 5.97 Å². The molecule has 2 aliphatic heterocycles. The molecule has 10 heteroatoms. The fourth-order valence-electron chi connectivity index (χ4n) is 8.13. The summed E-state index contributed by atoms with van der Waals surface area (Å²) in [4.78, 5) is 67.8. The van der Waals surface area contributed by atoms with Crippen molar-refractivity contribution in [2.45, 2.75) is 32.1 Å². The quantitative estimate of drug-likeness (QED) is 0.0931. The summed E-state index contributed by atoms with van der Waals surface area (Å²) in [5.74, 6) is -3.38. The number of rotatable bonds is 5. The zero-order chi connectivity index (χ0) is 32.7. The Morgan fingerprint density at radius 3 is 1.89 bits per heavy atom. The summed E-state index contributed by atoms with van der Waals surface area (Å²) in [6.45, 7) is 3.41. The number of hydrogen-bond donors (Lipinski definition) is 0. The molecule has 0 spiro atoms. The highest BCUT2D eigenvalue weighted by molar-refractivity contribution is 6.23. The molecule has 2 fully saturated rings. The van der Waals surface area contributed by atoms with Gasteiger partial charge in [-0.25, -0.2) is 4.90 Å². The van der Waals surface area contributed by atoms with E-state index in [2.05, 4.69) is 24.3 Å². The van der Waals surface area contributed by atoms with Crippen molar-refractivity contribution in [3.63, 3.8) is 0 Å². The summed E-state index contributed by atoms with van der Waals surface area (Å²) in [6.07, 6.45) is -0.0930. The Kier molecular flexibility index (Phi) is 6.40. The first-order chi connectivity index (χ1) is 22.6. The number of nitro groups is 1. The van der Waals surface area contributed by atoms with Crippen LogP contribution in [0.4, 0.5) is 17.1 Å². The molecular formula is C37H29N3O7. The standard InChI is InChI=1S/C37H29N3O7/c1-19-11-12-22(17-29(19)40(45)46)38-18-21(16-30(38)41)37(44)47-23-13-14-28(20(2)15-23)39-35(42)33-31-24-7-3-4-8-25(24)32(34(33)36(39)43)27-10-6-5-9-26(27)31/h3-15,17,21,31-34H,16,18H2,1-2H3/t21-,31?,32?,33+,34+/m1/s1. The number of carbonyl (C=O) groups is 4. The third-order valence-corrected chi connectivity index (χ3v) is 10.2. The van der Waals surface area contributed by atoms with Crippen LogP contribution in [0, 0.1) is 41.7 Å². The van der Waals surface area contributed by atoms with Crippen molar-refractivity contribution in [3.8, 4) is 5.75 Å². The fourth-order valence-corrected chi connectivity index (χ4v) is 8.13. The van der Waals surface area contributed by atoms with Crippen LogP contribution in [-0.2, 0) is 19.2 Å². The Hall–Kier alpha value is -5.64. The van der Waals surface area contributed by atoms with Gasteiger partial charge in [-0.1, -0.05) is 54.6 Å². The van der Waals surface area contributed by atoms with Crippen molar-refractivity contribution in [1.82, 2.24) is 0 Å². The molecular weight excluding hydrogens is 598 g/mol. The molecule has 47 heavy (non-hydrogen) atoms. The van der Waals surface area contributed by atoms with Crippen LogP contribution in [0.2, 0.25) is 0 Å². The van der Waals surface area contributed by atoms with Gasteiger partial charge in [-0.3, -0.25) is 29.3 Å². The molecule has 4 aromatic rings. The first kappa shape index (κ1) is 28.8. The summed E-state index contributed by atoms with van der Waals surface area (Å²) in [7, 11) is 0. The molecule has 3 atom stereocenters. The number of anilines is 2. The van der Waals surface area contributed by atoms with Gasteiger partial charge in [0.15, 0.2) is 0 Å². The highest BCUT2D eigenvalue weighted by atomic mass is 16.6. The van der Waals surface area contributed by atoms with Crippen molar-refractivity contribution in [2.24, 2.45) is 17.8 Å². The Labute approximate surface area is 269 Å². The van der Waals surface area contributed by atoms with E-state index in [1.807, 2.05) is 24.3 Å². The molecule has 2 saturated heterocycles. The zero-order valence-corrected chi connectivity index (χ0v) is 25.6. The largest absolute Gasteiger partial charge is 0.426 e. The first-order valence-electron chi connectivity index (χ1n) is 15.6. The van der Waals surface area contributed by atoms with Crippen molar-refractivity contribution >= 4 is 40.8 Å². The third kappa shape index (κ3) is 4.24. The molecule has 2 heterocycles. The van der Waals surface area contributed by atoms with Crippen LogP contribution in [-0.4, -0.2) is 35.2 Å². The van der Waals surface area contributed by atoms with Gasteiger partial charge < -0.3 is 9.64 Å². The molecule has 3 aliphatic carbocycles. The molecule has 5 aliphatic rings. The molecule has 0 saturated carbocycles. The van der Waals surface area contributed by atoms with Crippen LogP contribution in [0.15, 0.2) is 84.9 Å². The van der Waals surface area contributed by atoms with E-state index >= 15 is 0 Å². The maximum atomic E-state index is 14.2. The third-order valence-electron chi connectivity index (χ3n) is 10.2. The monoisotopic (exact) mass is 627 g/mol. The van der Waals surface area contributed by atoms with E-state index in [1.165, 1.54) is 15.9 Å². The van der Waals surface area contributed by atoms with E-state index in [4.69, 9.17) is 4.74 Å². The van der Waals surface area contributed by atoms with Crippen LogP contribution in [0.25, 0.3) is 0 Å². The SMILES string of the molecule is Cc1cc(OC(=O)[C@@H]2CC(=O)N(c3ccc(C)c([N+](=O)[O-])c3)C2)ccc1N1C(=O)[C@H]2C3c4ccccc4C(c4ccccc43)[C@@H]2C1=O. The minimum absolute atomic E-state index is 0.0294. The van der Waals surface area contributed by atoms with E-state index < -0.39 is 28.6 Å². The molecule has 0 radical (unpaired) electrons. The van der Waals surface area contributed by atoms with E-state index in [9.17, 15) is 29.3 Å². The second-order valence-corrected chi connectivity index (χ2v) is 12.8. The van der Waals surface area contributed by atoms with Crippen molar-refractivity contribution in [1.29, 1.82) is 0 Å². The summed E-state index contributed by atoms with van der Waals surface area (Å²) < 4.78 is 5.67. The van der Waals surface area contributed by atoms with Crippen LogP contribution < -0.4 is 14.5 Å². The molecule has 234 valence electrons. The Bertz CT molecular complexity index is 1960. The van der Waals surface area contributed by atoms with Crippen molar-refractivity contribution in [3.05, 3.63) is 128 Å². The average Bonchev–Trinajstić information content (AvgIpc) is 3.58. The van der Waals surface area contributed by atoms with E-state index in [1.54, 1.807) is 44.2 Å². The molecule has 0 N–H and O–H groups in total. The molecule has 10 nitrogen and oxygen atoms in total. The average molecular weight is 628 g/mol. The number of nitro benzene ring substituents is 1. The number of esters is 1. The maximum Gasteiger partial charge on any atom is 0.316 e. The maximum absolute atomic E-state index is 14.2. The van der Waals surface area contributed by atoms with E-state index in [0.717, 1.165) is 22.3 Å². The van der Waals surface area contributed by atoms with E-state index in [0.29, 0.717) is 22.5 Å². The number of ether oxygens (including phenoxy) is 1. The number of carbonyl (C=O) groups excluding carboxylic acids is 4. The predicted molar refractivity (Wildman–Crippen MR) is 171 cm³/mol. The molecule has 0 aromatic heterocycles. The van der Waals surface area contributed by atoms with Gasteiger partial charge in [-0.15, -0.1) is 0 Å². The number of nitrogens with zero attached hydrogens (tertiary/aromatic N) is 3. The summed E-state index contributed by atoms with van der Waals surface area (Å²) in [5, 5.41) is 11.4. The highest BCUT2D eigenvalue weighted by Gasteiger charge is 2.61. The lowest BCUT2D eigenvalue weighted by Crippen LogP contribution is -2.41. The lowest BCUT2D eigenvalue weighted by molar-refractivity contribution is -0.385. The van der Waals surface area contributed by atoms with Gasteiger partial charge in [0, 0.05) is 36.4 Å². The number of hydrogen-bond acceptors (Lipinski definition) is 7. The highest BCUT2D eigenvalue weighted by Crippen LogP contribution is 2.61. The molecule has 3 amide bonds. The minimum atomic E-state index is -0.772. The van der Waals surface area contributed by atoms with Gasteiger partial charge in [0.25, 0.3) is 5.69 Å². The summed E-state index contributed by atoms with van der Waals surface area (Å²) >= 11 is 0. The Morgan fingerprint density at radius 1 is 0.787 bits per heavy atom. The number of benzene rings is 4. The van der Waals surface area contributed by atoms with Crippen LogP contribution >= 0.6 is 0 Å². The van der Waals surface area contributed by atoms with Crippen LogP contribution in [0.5, 0.6) is 5.75 Å². The van der Waals surface area contributed by atoms with Crippen LogP contribution in [0.1, 0.15) is 51.6 Å². The lowest BCUT2D eigenvalue weighted by Gasteiger charge is -2.45. The van der Waals surface area contributed by atoms with Crippen molar-refractivity contribution < 1.29 is 28.8 Å². The zero-order valence-electron chi connectivity index (χ0n) is 25.6. The normalized spacial score (nSPS) is 23.9. The molecule has 4 aromatic carbocycles. The van der Waals surface area contributed by atoms with E-state index in [-0.39, 0.29) is 54.0 Å². The van der Waals surface area contributed by atoms with Crippen LogP contribution in [0.3, 0.4) is 0 Å². The fraction of sp³-hybridized carbons (Fsp3) is 0.243. The number of amides is 3. The summed E-state index contributed by atoms with van der Waals surface area (Å²) in [5.41, 5.74) is 6.16. The molecule has 9 rings (SSSR count). The molecule has 0 unspecified atom stereocenters. The Balaban J connectivity index is 1.03. The predicted octanol–water partition coefficient (Wildman–Crippen LogP) is 5.57. The number of imide groups is 1. The topological polar surface area (TPSA) is 127 Å². The minimum Gasteiger partial charge on any atom is -0.426 e. The van der Waals surface area contributed by atoms with Gasteiger partial charge in [-0.2, -0.15) is 0 Å². The molecule has 2 bridgehead atoms. The van der Waals surface area contributed by atoms with Gasteiger partial charge in [0.2, 0.25) is 17.7 Å². The van der Waals surface area contributed by atoms with Gasteiger partial charge in [0.1, 0.15) is 5.75 Å². The lowest BCUT2D eigenvalue weighted by atomic mass is 9.55. The smallest absolute Gasteiger partial charge is 0.316 e. The second-order valence-electron chi connectivity index (χ2n) is 12.8. The van der Waals surface area contributed by atoms with Gasteiger partial charge in [-0.05, 0) is 65.9 Å². The summed E-state index contributed by atoms with van der Waals surface area (Å²) in [6, 6.07) is 25.5. The van der Waals surface area contributed by atoms with Crippen molar-refractivity contribution in [2.75, 3.05) is 16.3 Å². The van der Waals surface area contributed by atoms with Gasteiger partial charge in [0.05, 0.1) is 34.1 Å². The Morgan fingerprint density at radius 2 is 1.36 bits per heavy atom. The second kappa shape index (κ2) is 10.4.